The van der Waals surface area contributed by atoms with Crippen LogP contribution in [0.4, 0.5) is 18.0 Å². The van der Waals surface area contributed by atoms with E-state index in [0.717, 1.165) is 18.9 Å². The molecule has 0 radical (unpaired) electrons. The largest absolute Gasteiger partial charge is 0.464 e. The van der Waals surface area contributed by atoms with Crippen LogP contribution in [-0.2, 0) is 22.3 Å². The maximum Gasteiger partial charge on any atom is 0.416 e. The van der Waals surface area contributed by atoms with Crippen molar-refractivity contribution in [2.75, 3.05) is 26.2 Å². The van der Waals surface area contributed by atoms with E-state index in [2.05, 4.69) is 10.3 Å². The van der Waals surface area contributed by atoms with Crippen LogP contribution < -0.4 is 5.32 Å². The van der Waals surface area contributed by atoms with Gasteiger partial charge in [-0.1, -0.05) is 31.5 Å². The van der Waals surface area contributed by atoms with Crippen molar-refractivity contribution in [3.63, 3.8) is 0 Å². The lowest BCUT2D eigenvalue weighted by molar-refractivity contribution is -0.142. The molecule has 7 nitrogen and oxygen atoms in total. The van der Waals surface area contributed by atoms with Crippen LogP contribution in [0.5, 0.6) is 0 Å². The van der Waals surface area contributed by atoms with E-state index in [1.165, 1.54) is 12.1 Å². The monoisotopic (exact) mass is 466 g/mol. The molecule has 0 aliphatic carbocycles. The molecule has 1 aliphatic rings. The van der Waals surface area contributed by atoms with E-state index in [0.29, 0.717) is 38.4 Å². The van der Waals surface area contributed by atoms with Gasteiger partial charge in [0.1, 0.15) is 12.4 Å². The summed E-state index contributed by atoms with van der Waals surface area (Å²) >= 11 is 0. The predicted molar refractivity (Wildman–Crippen MR) is 116 cm³/mol. The van der Waals surface area contributed by atoms with Crippen molar-refractivity contribution in [1.82, 2.24) is 19.8 Å². The number of carbonyl (C=O) groups is 2. The van der Waals surface area contributed by atoms with Gasteiger partial charge in [0.25, 0.3) is 0 Å². The summed E-state index contributed by atoms with van der Waals surface area (Å²) in [5.41, 5.74) is -0.462. The molecule has 1 saturated heterocycles. The quantitative estimate of drug-likeness (QED) is 0.468. The Balaban J connectivity index is 1.54. The number of halogens is 3. The molecule has 33 heavy (non-hydrogen) atoms. The average molecular weight is 467 g/mol. The van der Waals surface area contributed by atoms with E-state index in [1.807, 2.05) is 6.92 Å². The summed E-state index contributed by atoms with van der Waals surface area (Å²) in [4.78, 5) is 30.0. The van der Waals surface area contributed by atoms with Gasteiger partial charge in [-0.15, -0.1) is 0 Å². The van der Waals surface area contributed by atoms with E-state index in [-0.39, 0.29) is 30.6 Å². The van der Waals surface area contributed by atoms with Gasteiger partial charge in [0.15, 0.2) is 0 Å². The second kappa shape index (κ2) is 11.2. The van der Waals surface area contributed by atoms with Gasteiger partial charge in [-0.25, -0.2) is 9.78 Å². The fourth-order valence-electron chi connectivity index (χ4n) is 3.91. The van der Waals surface area contributed by atoms with Crippen LogP contribution in [0.2, 0.25) is 0 Å². The van der Waals surface area contributed by atoms with Crippen LogP contribution >= 0.6 is 0 Å². The van der Waals surface area contributed by atoms with Gasteiger partial charge in [0, 0.05) is 37.9 Å². The van der Waals surface area contributed by atoms with Crippen molar-refractivity contribution in [3.8, 4) is 0 Å². The minimum Gasteiger partial charge on any atom is -0.464 e. The van der Waals surface area contributed by atoms with Crippen LogP contribution in [0.15, 0.2) is 36.7 Å². The summed E-state index contributed by atoms with van der Waals surface area (Å²) in [5, 5.41) is 2.58. The molecule has 0 atom stereocenters. The Hall–Kier alpha value is -3.04. The zero-order valence-electron chi connectivity index (χ0n) is 18.6. The Kier molecular flexibility index (Phi) is 8.35. The molecule has 0 bridgehead atoms. The zero-order chi connectivity index (χ0) is 23.8. The smallest absolute Gasteiger partial charge is 0.416 e. The van der Waals surface area contributed by atoms with Crippen LogP contribution in [0, 0.1) is 0 Å². The molecule has 0 spiro atoms. The number of imidazole rings is 1. The number of amides is 2. The lowest BCUT2D eigenvalue weighted by Crippen LogP contribution is -2.46. The van der Waals surface area contributed by atoms with E-state index in [1.54, 1.807) is 27.9 Å². The van der Waals surface area contributed by atoms with Crippen LogP contribution in [0.25, 0.3) is 0 Å². The minimum atomic E-state index is -4.42. The molecule has 2 heterocycles. The van der Waals surface area contributed by atoms with Gasteiger partial charge in [0.2, 0.25) is 0 Å². The second-order valence-corrected chi connectivity index (χ2v) is 8.06. The molecule has 0 saturated carbocycles. The highest BCUT2D eigenvalue weighted by Crippen LogP contribution is 2.33. The standard InChI is InChI=1S/C23H29F3N4O3/c1-2-3-14-33-20(31)15-28-22(32)29-11-8-17(9-12-29)21-27-10-13-30(21)16-18-6-4-5-7-19(18)23(24,25)26/h4-7,10,13,17H,2-3,8-9,11-12,14-16H2,1H3,(H,28,32). The summed E-state index contributed by atoms with van der Waals surface area (Å²) in [6.07, 6.45) is 1.82. The minimum absolute atomic E-state index is 0.0288. The van der Waals surface area contributed by atoms with Crippen molar-refractivity contribution >= 4 is 12.0 Å². The molecule has 1 fully saturated rings. The number of nitrogens with one attached hydrogen (secondary N) is 1. The van der Waals surface area contributed by atoms with E-state index < -0.39 is 17.7 Å². The maximum absolute atomic E-state index is 13.3. The van der Waals surface area contributed by atoms with Crippen molar-refractivity contribution < 1.29 is 27.5 Å². The first kappa shape index (κ1) is 24.6. The molecular formula is C23H29F3N4O3. The summed E-state index contributed by atoms with van der Waals surface area (Å²) in [5.74, 6) is 0.278. The Bertz CT molecular complexity index is 937. The van der Waals surface area contributed by atoms with Crippen molar-refractivity contribution in [2.45, 2.75) is 51.2 Å². The topological polar surface area (TPSA) is 76.5 Å². The molecule has 1 aromatic carbocycles. The van der Waals surface area contributed by atoms with Crippen molar-refractivity contribution in [3.05, 3.63) is 53.6 Å². The van der Waals surface area contributed by atoms with E-state index >= 15 is 0 Å². The summed E-state index contributed by atoms with van der Waals surface area (Å²) in [7, 11) is 0. The Morgan fingerprint density at radius 1 is 1.21 bits per heavy atom. The molecule has 0 unspecified atom stereocenters. The molecule has 10 heteroatoms. The first-order chi connectivity index (χ1) is 15.8. The summed E-state index contributed by atoms with van der Waals surface area (Å²) < 4.78 is 46.8. The van der Waals surface area contributed by atoms with Crippen LogP contribution in [0.1, 0.15) is 55.5 Å². The van der Waals surface area contributed by atoms with Gasteiger partial charge >= 0.3 is 18.2 Å². The Morgan fingerprint density at radius 2 is 1.94 bits per heavy atom. The van der Waals surface area contributed by atoms with E-state index in [4.69, 9.17) is 4.74 Å². The number of ether oxygens (including phenoxy) is 1. The number of hydrogen-bond acceptors (Lipinski definition) is 4. The number of benzene rings is 1. The highest BCUT2D eigenvalue weighted by molar-refractivity contribution is 5.80. The molecule has 1 aromatic heterocycles. The number of urea groups is 1. The number of carbonyl (C=O) groups excluding carboxylic acids is 2. The Morgan fingerprint density at radius 3 is 2.64 bits per heavy atom. The zero-order valence-corrected chi connectivity index (χ0v) is 18.6. The van der Waals surface area contributed by atoms with Crippen molar-refractivity contribution in [2.24, 2.45) is 0 Å². The number of rotatable bonds is 8. The number of alkyl halides is 3. The average Bonchev–Trinajstić information content (AvgIpc) is 3.25. The van der Waals surface area contributed by atoms with Gasteiger partial charge < -0.3 is 19.5 Å². The number of aromatic nitrogens is 2. The van der Waals surface area contributed by atoms with Gasteiger partial charge in [-0.3, -0.25) is 4.79 Å². The lowest BCUT2D eigenvalue weighted by Gasteiger charge is -2.32. The molecule has 3 rings (SSSR count). The number of hydrogen-bond donors (Lipinski definition) is 1. The van der Waals surface area contributed by atoms with Gasteiger partial charge in [-0.2, -0.15) is 13.2 Å². The first-order valence-electron chi connectivity index (χ1n) is 11.1. The molecule has 1 aliphatic heterocycles. The summed E-state index contributed by atoms with van der Waals surface area (Å²) in [6, 6.07) is 5.21. The highest BCUT2D eigenvalue weighted by atomic mass is 19.4. The molecule has 1 N–H and O–H groups in total. The maximum atomic E-state index is 13.3. The fourth-order valence-corrected chi connectivity index (χ4v) is 3.91. The third-order valence-electron chi connectivity index (χ3n) is 5.70. The molecule has 2 amide bonds. The number of piperidine rings is 1. The predicted octanol–water partition coefficient (Wildman–Crippen LogP) is 4.18. The van der Waals surface area contributed by atoms with Crippen molar-refractivity contribution in [1.29, 1.82) is 0 Å². The second-order valence-electron chi connectivity index (χ2n) is 8.06. The van der Waals surface area contributed by atoms with E-state index in [9.17, 15) is 22.8 Å². The normalized spacial score (nSPS) is 14.8. The summed E-state index contributed by atoms with van der Waals surface area (Å²) in [6.45, 7) is 3.17. The first-order valence-corrected chi connectivity index (χ1v) is 11.1. The lowest BCUT2D eigenvalue weighted by atomic mass is 9.96. The SMILES string of the molecule is CCCCOC(=O)CNC(=O)N1CCC(c2nccn2Cc2ccccc2C(F)(F)F)CC1. The Labute approximate surface area is 190 Å². The number of nitrogens with zero attached hydrogens (tertiary/aromatic N) is 3. The third-order valence-corrected chi connectivity index (χ3v) is 5.70. The molecule has 2 aromatic rings. The number of esters is 1. The van der Waals surface area contributed by atoms with Gasteiger partial charge in [-0.05, 0) is 30.9 Å². The molecular weight excluding hydrogens is 437 g/mol. The van der Waals surface area contributed by atoms with Gasteiger partial charge in [0.05, 0.1) is 12.2 Å². The van der Waals surface area contributed by atoms with Crippen LogP contribution in [0.3, 0.4) is 0 Å². The number of likely N-dealkylation sites (tertiary alicyclic amines) is 1. The fraction of sp³-hybridized carbons (Fsp3) is 0.522. The molecule has 180 valence electrons. The van der Waals surface area contributed by atoms with Crippen LogP contribution in [-0.4, -0.2) is 52.7 Å². The highest BCUT2D eigenvalue weighted by Gasteiger charge is 2.33. The third kappa shape index (κ3) is 6.72. The number of unbranched alkanes of at least 4 members (excludes halogenated alkanes) is 1.